The molecule has 10 rings (SSSR count). The largest absolute Gasteiger partial charge is 0.493 e. The lowest BCUT2D eigenvalue weighted by atomic mass is 9.91. The third-order valence-electron chi connectivity index (χ3n) is 21.5. The van der Waals surface area contributed by atoms with E-state index < -0.39 is 97.7 Å². The minimum atomic E-state index is -2.25. The van der Waals surface area contributed by atoms with Crippen molar-refractivity contribution in [2.24, 2.45) is 0 Å². The number of nitrogen functional groups attached to an aromatic ring is 2. The fourth-order valence-electron chi connectivity index (χ4n) is 14.8. The van der Waals surface area contributed by atoms with Gasteiger partial charge in [-0.05, 0) is 122 Å². The Hall–Kier alpha value is -9.14. The van der Waals surface area contributed by atoms with E-state index in [0.29, 0.717) is 73.3 Å². The quantitative estimate of drug-likeness (QED) is 0.0189. The number of carboxylic acids is 1. The maximum atomic E-state index is 13.8. The monoisotopic (exact) mass is 1590 g/mol. The summed E-state index contributed by atoms with van der Waals surface area (Å²) in [5.74, 6) is -1.04. The Kier molecular flexibility index (Phi) is 31.1. The van der Waals surface area contributed by atoms with Crippen molar-refractivity contribution in [2.45, 2.75) is 188 Å². The van der Waals surface area contributed by atoms with Crippen LogP contribution in [-0.2, 0) is 78.3 Å². The molecule has 4 aliphatic heterocycles. The number of hydrogen-bond acceptors (Lipinski definition) is 30. The van der Waals surface area contributed by atoms with Gasteiger partial charge in [0.15, 0.2) is 41.3 Å². The van der Waals surface area contributed by atoms with Crippen molar-refractivity contribution in [3.8, 4) is 34.5 Å². The minimum Gasteiger partial charge on any atom is -0.493 e. The summed E-state index contributed by atoms with van der Waals surface area (Å²) >= 11 is 0. The summed E-state index contributed by atoms with van der Waals surface area (Å²) in [6, 6.07) is 20.4. The van der Waals surface area contributed by atoms with E-state index in [1.165, 1.54) is 70.1 Å². The number of nitrogens with zero attached hydrogens (tertiary/aromatic N) is 6. The highest BCUT2D eigenvalue weighted by atomic mass is 16.7. The van der Waals surface area contributed by atoms with Gasteiger partial charge < -0.3 is 133 Å². The third kappa shape index (κ3) is 22.7. The number of benzene rings is 4. The van der Waals surface area contributed by atoms with Crippen LogP contribution in [0.1, 0.15) is 86.5 Å². The second kappa shape index (κ2) is 40.7. The topological polar surface area (TPSA) is 434 Å². The summed E-state index contributed by atoms with van der Waals surface area (Å²) in [6.45, 7) is 3.73. The molecule has 6 aliphatic rings. The summed E-state index contributed by atoms with van der Waals surface area (Å²) < 4.78 is 85.4. The van der Waals surface area contributed by atoms with Crippen LogP contribution in [0, 0.1) is 0 Å². The number of amides is 4. The summed E-state index contributed by atoms with van der Waals surface area (Å²) in [5, 5.41) is 65.6. The number of carbonyl (C=O) groups is 6. The van der Waals surface area contributed by atoms with Crippen LogP contribution in [0.3, 0.4) is 0 Å². The molecule has 2 saturated carbocycles. The highest BCUT2D eigenvalue weighted by Gasteiger charge is 2.55. The van der Waals surface area contributed by atoms with Gasteiger partial charge in [0, 0.05) is 92.6 Å². The molecule has 0 bridgehead atoms. The van der Waals surface area contributed by atoms with Gasteiger partial charge in [-0.3, -0.25) is 9.80 Å². The lowest BCUT2D eigenvalue weighted by Gasteiger charge is -2.42. The standard InChI is InChI=1S/C78H110N8O27/c1-81(31-33-83(3)77(97)107-49-25-29-85(41-49)53-13-9-11-15-57(53)103-35-27-45-17-23-59(99-5)61(39-45)101-7)75(95)105-43-47-19-21-55(51(79)37-47)109-73-66(90)63(87)64(88)69(112-73)72(94)111-68-65(89)67(91)74(113-70(68)71(92)93)110-56-22-20-48(38-52(56)80)44-106-76(96)82(2)32-34-84(4)78(98)108-50-26-30-86(42-50)54-14-10-12-16-58(54)104-36-28-46-18-24-60(100-6)62(40-46)102-8/h17-24,37-40,49-50,53-54,57-58,63-70,73-74,87-91H,9-16,25-36,41-44,79-80H2,1-8H3,(H,92,93)/t49-,50+,53+,54+,57-,58+,63?,64?,65?,66?,67?,68?,69?,70?,73?,74?/m1/s1. The number of methoxy groups -OCH3 is 4. The molecule has 10 N–H and O–H groups in total. The highest BCUT2D eigenvalue weighted by molar-refractivity contribution is 5.78. The van der Waals surface area contributed by atoms with Crippen molar-refractivity contribution in [2.75, 3.05) is 134 Å². The molecule has 4 heterocycles. The van der Waals surface area contributed by atoms with Crippen LogP contribution in [0.2, 0.25) is 0 Å². The fourth-order valence-corrected chi connectivity index (χ4v) is 14.8. The Bertz CT molecular complexity index is 3830. The maximum absolute atomic E-state index is 13.8. The van der Waals surface area contributed by atoms with Gasteiger partial charge in [0.05, 0.1) is 65.2 Å². The average Bonchev–Trinajstić information content (AvgIpc) is 1.25. The number of anilines is 2. The predicted molar refractivity (Wildman–Crippen MR) is 402 cm³/mol. The molecule has 4 saturated heterocycles. The van der Waals surface area contributed by atoms with Crippen LogP contribution < -0.4 is 39.9 Å². The van der Waals surface area contributed by atoms with E-state index in [9.17, 15) is 59.4 Å². The minimum absolute atomic E-state index is 0.0568. The molecular weight excluding hydrogens is 1480 g/mol. The Morgan fingerprint density at radius 2 is 0.841 bits per heavy atom. The van der Waals surface area contributed by atoms with Crippen LogP contribution in [0.5, 0.6) is 34.5 Å². The van der Waals surface area contributed by atoms with Crippen LogP contribution >= 0.6 is 0 Å². The van der Waals surface area contributed by atoms with Gasteiger partial charge in [-0.25, -0.2) is 28.8 Å². The Labute approximate surface area is 656 Å². The van der Waals surface area contributed by atoms with Crippen molar-refractivity contribution >= 4 is 47.7 Å². The molecule has 0 radical (unpaired) electrons. The summed E-state index contributed by atoms with van der Waals surface area (Å²) in [7, 11) is 12.6. The lowest BCUT2D eigenvalue weighted by molar-refractivity contribution is -0.291. The first-order valence-corrected chi connectivity index (χ1v) is 38.2. The first-order valence-electron chi connectivity index (χ1n) is 38.2. The number of aliphatic hydroxyl groups is 5. The van der Waals surface area contributed by atoms with Crippen molar-refractivity contribution in [1.29, 1.82) is 0 Å². The lowest BCUT2D eigenvalue weighted by Crippen LogP contribution is -2.65. The summed E-state index contributed by atoms with van der Waals surface area (Å²) in [5.41, 5.74) is 15.3. The average molecular weight is 1590 g/mol. The Balaban J connectivity index is 0.616. The van der Waals surface area contributed by atoms with Crippen molar-refractivity contribution in [1.82, 2.24) is 29.4 Å². The molecule has 35 nitrogen and oxygen atoms in total. The van der Waals surface area contributed by atoms with Crippen molar-refractivity contribution in [3.63, 3.8) is 0 Å². The molecule has 0 aromatic heterocycles. The third-order valence-corrected chi connectivity index (χ3v) is 21.5. The number of rotatable bonds is 33. The van der Waals surface area contributed by atoms with Gasteiger partial charge in [0.1, 0.15) is 67.4 Å². The molecule has 113 heavy (non-hydrogen) atoms. The highest BCUT2D eigenvalue weighted by Crippen LogP contribution is 2.37. The Morgan fingerprint density at radius 3 is 1.26 bits per heavy atom. The number of hydrogen-bond donors (Lipinski definition) is 8. The van der Waals surface area contributed by atoms with Crippen LogP contribution in [-0.4, -0.2) is 316 Å². The number of ether oxygens (including phenoxy) is 15. The number of esters is 1. The molecule has 2 aliphatic carbocycles. The predicted octanol–water partition coefficient (Wildman–Crippen LogP) is 4.16. The number of likely N-dealkylation sites (tertiary alicyclic amines) is 2. The summed E-state index contributed by atoms with van der Waals surface area (Å²) in [6.07, 6.45) is -13.3. The zero-order valence-corrected chi connectivity index (χ0v) is 65.2. The van der Waals surface area contributed by atoms with Gasteiger partial charge in [0.2, 0.25) is 12.6 Å². The van der Waals surface area contributed by atoms with Gasteiger partial charge in [-0.15, -0.1) is 0 Å². The van der Waals surface area contributed by atoms with Crippen LogP contribution in [0.15, 0.2) is 72.8 Å². The van der Waals surface area contributed by atoms with Crippen LogP contribution in [0.25, 0.3) is 0 Å². The van der Waals surface area contributed by atoms with E-state index in [0.717, 1.165) is 88.4 Å². The first kappa shape index (κ1) is 86.3. The van der Waals surface area contributed by atoms with Gasteiger partial charge in [-0.1, -0.05) is 49.9 Å². The molecule has 4 amide bonds. The van der Waals surface area contributed by atoms with E-state index in [1.54, 1.807) is 42.5 Å². The van der Waals surface area contributed by atoms with E-state index >= 15 is 0 Å². The fraction of sp³-hybridized carbons (Fsp3) is 0.615. The van der Waals surface area contributed by atoms with E-state index in [2.05, 4.69) is 9.80 Å². The molecule has 6 fully saturated rings. The molecule has 0 spiro atoms. The molecule has 10 unspecified atom stereocenters. The zero-order valence-electron chi connectivity index (χ0n) is 65.2. The smallest absolute Gasteiger partial charge is 0.409 e. The molecule has 4 aromatic rings. The van der Waals surface area contributed by atoms with Crippen molar-refractivity contribution < 1.29 is 130 Å². The van der Waals surface area contributed by atoms with E-state index in [4.69, 9.17) is 82.5 Å². The van der Waals surface area contributed by atoms with Gasteiger partial charge >= 0.3 is 36.3 Å². The second-order valence-electron chi connectivity index (χ2n) is 29.3. The molecular formula is C78H110N8O27. The number of carbonyl (C=O) groups excluding carboxylic acids is 5. The number of nitrogens with two attached hydrogens (primary N) is 2. The molecule has 624 valence electrons. The van der Waals surface area contributed by atoms with Crippen molar-refractivity contribution in [3.05, 3.63) is 95.1 Å². The number of carboxylic acid groups (broad SMARTS) is 1. The number of aliphatic hydroxyl groups excluding tert-OH is 5. The van der Waals surface area contributed by atoms with E-state index in [1.807, 2.05) is 36.4 Å². The normalized spacial score (nSPS) is 26.6. The zero-order chi connectivity index (χ0) is 81.2. The molecule has 4 aromatic carbocycles. The molecule has 35 heteroatoms. The SMILES string of the molecule is COc1ccc(CCO[C@H]2CCCC[C@@H]2N2CC[C@H](OC(=O)N(C)CCN(C)C(=O)OCc3ccc(OC4OC(C(=O)O)C(OC(=O)C5OC(Oc6ccc(COC(=O)N(C)CCN(C)C(=O)O[C@@H]7CCN([C@H]8CCCC[C@H]8OCCc8ccc(OC)c(OC)c8)C7)cc6N)C(O)C(O)C5O)C(O)C4O)c(N)c3)C2)cc1OC. The van der Waals surface area contributed by atoms with Crippen LogP contribution in [0.4, 0.5) is 30.6 Å². The number of aliphatic carboxylic acids is 1. The Morgan fingerprint density at radius 1 is 0.451 bits per heavy atom. The summed E-state index contributed by atoms with van der Waals surface area (Å²) in [4.78, 5) is 89.2. The first-order chi connectivity index (χ1) is 54.2. The number of likely N-dealkylation sites (N-methyl/N-ethyl adjacent to an activating group) is 4. The van der Waals surface area contributed by atoms with Gasteiger partial charge in [-0.2, -0.15) is 0 Å². The molecule has 16 atom stereocenters. The maximum Gasteiger partial charge on any atom is 0.409 e. The second-order valence-corrected chi connectivity index (χ2v) is 29.3. The van der Waals surface area contributed by atoms with E-state index in [-0.39, 0.29) is 98.8 Å². The van der Waals surface area contributed by atoms with Gasteiger partial charge in [0.25, 0.3) is 0 Å².